The largest absolute Gasteiger partial charge is 0.469 e. The Bertz CT molecular complexity index is 1070. The number of carbonyl (C=O) groups excluding carboxylic acids is 1. The van der Waals surface area contributed by atoms with E-state index < -0.39 is 0 Å². The predicted molar refractivity (Wildman–Crippen MR) is 87.8 cm³/mol. The van der Waals surface area contributed by atoms with Crippen molar-refractivity contribution in [1.82, 2.24) is 34.6 Å². The third kappa shape index (κ3) is 2.69. The molecule has 4 rings (SSSR count). The fraction of sp³-hybridized carbons (Fsp3) is 0.250. The topological polar surface area (TPSA) is 100 Å². The Morgan fingerprint density at radius 3 is 2.72 bits per heavy atom. The number of aryl methyl sites for hydroxylation is 1. The highest BCUT2D eigenvalue weighted by atomic mass is 16.5. The van der Waals surface area contributed by atoms with Gasteiger partial charge in [-0.25, -0.2) is 4.68 Å². The van der Waals surface area contributed by atoms with E-state index in [1.54, 1.807) is 16.2 Å². The first-order valence-electron chi connectivity index (χ1n) is 7.70. The van der Waals surface area contributed by atoms with Gasteiger partial charge >= 0.3 is 5.97 Å². The summed E-state index contributed by atoms with van der Waals surface area (Å²) in [5.41, 5.74) is 2.75. The average Bonchev–Trinajstić information content (AvgIpc) is 3.16. The lowest BCUT2D eigenvalue weighted by molar-refractivity contribution is -0.139. The molecule has 9 nitrogen and oxygen atoms in total. The molecule has 0 amide bonds. The highest BCUT2D eigenvalue weighted by Gasteiger charge is 2.19. The second-order valence-electron chi connectivity index (χ2n) is 5.60. The van der Waals surface area contributed by atoms with Gasteiger partial charge < -0.3 is 4.74 Å². The number of hydrogen-bond donors (Lipinski definition) is 0. The Labute approximate surface area is 142 Å². The van der Waals surface area contributed by atoms with Gasteiger partial charge in [0, 0.05) is 13.5 Å². The molecule has 0 radical (unpaired) electrons. The summed E-state index contributed by atoms with van der Waals surface area (Å²) in [5, 5.41) is 17.2. The molecule has 0 aliphatic rings. The van der Waals surface area contributed by atoms with Crippen LogP contribution in [0.3, 0.4) is 0 Å². The van der Waals surface area contributed by atoms with Crippen LogP contribution in [0.25, 0.3) is 16.9 Å². The summed E-state index contributed by atoms with van der Waals surface area (Å²) >= 11 is 0. The Morgan fingerprint density at radius 1 is 1.16 bits per heavy atom. The molecule has 9 heteroatoms. The Morgan fingerprint density at radius 2 is 1.96 bits per heavy atom. The van der Waals surface area contributed by atoms with Crippen LogP contribution in [-0.4, -0.2) is 47.7 Å². The van der Waals surface area contributed by atoms with E-state index in [4.69, 9.17) is 4.74 Å². The van der Waals surface area contributed by atoms with Crippen molar-refractivity contribution < 1.29 is 9.53 Å². The third-order valence-corrected chi connectivity index (χ3v) is 3.88. The normalized spacial score (nSPS) is 11.3. The standard InChI is InChI=1S/C16H15N7O2/c1-22-15-14(11(20-22)9-13(24)25-2)18-19-16-17-12(21-23(15)16)8-10-6-4-3-5-7-10/h3-7H,8-9H2,1-2H3. The van der Waals surface area contributed by atoms with E-state index in [2.05, 4.69) is 25.4 Å². The van der Waals surface area contributed by atoms with Crippen LogP contribution < -0.4 is 0 Å². The molecule has 0 bridgehead atoms. The molecule has 0 saturated heterocycles. The van der Waals surface area contributed by atoms with Gasteiger partial charge in [0.2, 0.25) is 0 Å². The molecule has 0 N–H and O–H groups in total. The monoisotopic (exact) mass is 337 g/mol. The molecule has 0 spiro atoms. The summed E-state index contributed by atoms with van der Waals surface area (Å²) in [4.78, 5) is 16.0. The molecule has 3 heterocycles. The van der Waals surface area contributed by atoms with E-state index in [-0.39, 0.29) is 12.4 Å². The van der Waals surface area contributed by atoms with Gasteiger partial charge in [-0.15, -0.1) is 15.3 Å². The zero-order valence-electron chi connectivity index (χ0n) is 13.7. The van der Waals surface area contributed by atoms with Crippen molar-refractivity contribution in [3.63, 3.8) is 0 Å². The number of benzene rings is 1. The van der Waals surface area contributed by atoms with E-state index in [0.717, 1.165) is 5.56 Å². The van der Waals surface area contributed by atoms with E-state index in [1.807, 2.05) is 30.3 Å². The van der Waals surface area contributed by atoms with Crippen LogP contribution >= 0.6 is 0 Å². The van der Waals surface area contributed by atoms with E-state index in [9.17, 15) is 4.79 Å². The minimum absolute atomic E-state index is 0.0274. The van der Waals surface area contributed by atoms with E-state index >= 15 is 0 Å². The van der Waals surface area contributed by atoms with E-state index in [0.29, 0.717) is 34.9 Å². The van der Waals surface area contributed by atoms with Gasteiger partial charge in [-0.1, -0.05) is 30.3 Å². The number of rotatable bonds is 4. The number of hydrogen-bond acceptors (Lipinski definition) is 7. The van der Waals surface area contributed by atoms with Crippen molar-refractivity contribution in [2.75, 3.05) is 7.11 Å². The molecule has 4 aromatic rings. The third-order valence-electron chi connectivity index (χ3n) is 3.88. The van der Waals surface area contributed by atoms with Gasteiger partial charge in [0.05, 0.1) is 13.5 Å². The first kappa shape index (κ1) is 15.2. The zero-order valence-corrected chi connectivity index (χ0v) is 13.7. The first-order chi connectivity index (χ1) is 12.2. The fourth-order valence-corrected chi connectivity index (χ4v) is 2.73. The molecule has 0 aliphatic heterocycles. The van der Waals surface area contributed by atoms with Crippen molar-refractivity contribution in [2.45, 2.75) is 12.8 Å². The maximum Gasteiger partial charge on any atom is 0.311 e. The van der Waals surface area contributed by atoms with Crippen molar-refractivity contribution >= 4 is 22.9 Å². The number of nitrogens with zero attached hydrogens (tertiary/aromatic N) is 7. The molecule has 126 valence electrons. The van der Waals surface area contributed by atoms with Gasteiger partial charge in [-0.3, -0.25) is 4.79 Å². The van der Waals surface area contributed by atoms with Crippen molar-refractivity contribution in [3.05, 3.63) is 47.4 Å². The average molecular weight is 337 g/mol. The summed E-state index contributed by atoms with van der Waals surface area (Å²) < 4.78 is 7.93. The lowest BCUT2D eigenvalue weighted by Gasteiger charge is -1.96. The lowest BCUT2D eigenvalue weighted by atomic mass is 10.1. The van der Waals surface area contributed by atoms with Crippen LogP contribution in [0.1, 0.15) is 17.1 Å². The zero-order chi connectivity index (χ0) is 17.4. The van der Waals surface area contributed by atoms with Gasteiger partial charge in [0.25, 0.3) is 5.78 Å². The molecule has 0 fully saturated rings. The van der Waals surface area contributed by atoms with Crippen LogP contribution in [0, 0.1) is 0 Å². The molecule has 0 atom stereocenters. The second-order valence-corrected chi connectivity index (χ2v) is 5.60. The smallest absolute Gasteiger partial charge is 0.311 e. The van der Waals surface area contributed by atoms with Crippen LogP contribution in [0.5, 0.6) is 0 Å². The van der Waals surface area contributed by atoms with Crippen molar-refractivity contribution in [3.8, 4) is 0 Å². The number of methoxy groups -OCH3 is 1. The number of carbonyl (C=O) groups is 1. The molecule has 0 saturated carbocycles. The fourth-order valence-electron chi connectivity index (χ4n) is 2.73. The summed E-state index contributed by atoms with van der Waals surface area (Å²) in [6, 6.07) is 9.96. The van der Waals surface area contributed by atoms with E-state index in [1.165, 1.54) is 7.11 Å². The molecule has 25 heavy (non-hydrogen) atoms. The molecular weight excluding hydrogens is 322 g/mol. The Kier molecular flexibility index (Phi) is 3.60. The highest BCUT2D eigenvalue weighted by molar-refractivity contribution is 5.81. The first-order valence-corrected chi connectivity index (χ1v) is 7.70. The number of aromatic nitrogens is 7. The number of esters is 1. The second kappa shape index (κ2) is 5.93. The van der Waals surface area contributed by atoms with Gasteiger partial charge in [0.15, 0.2) is 17.0 Å². The Balaban J connectivity index is 1.79. The van der Waals surface area contributed by atoms with Crippen molar-refractivity contribution in [2.24, 2.45) is 7.05 Å². The maximum atomic E-state index is 11.6. The minimum atomic E-state index is -0.384. The predicted octanol–water partition coefficient (Wildman–Crippen LogP) is 0.712. The summed E-state index contributed by atoms with van der Waals surface area (Å²) in [6.45, 7) is 0. The minimum Gasteiger partial charge on any atom is -0.469 e. The molecule has 0 aliphatic carbocycles. The van der Waals surface area contributed by atoms with Crippen LogP contribution in [0.15, 0.2) is 30.3 Å². The highest BCUT2D eigenvalue weighted by Crippen LogP contribution is 2.17. The van der Waals surface area contributed by atoms with Crippen LogP contribution in [0.2, 0.25) is 0 Å². The summed E-state index contributed by atoms with van der Waals surface area (Å²) in [5.74, 6) is 0.653. The SMILES string of the molecule is COC(=O)Cc1nn(C)c2c1nnc1nc(Cc3ccccc3)nn12. The number of ether oxygens (including phenoxy) is 1. The molecular formula is C16H15N7O2. The molecule has 0 unspecified atom stereocenters. The molecule has 1 aromatic carbocycles. The van der Waals surface area contributed by atoms with Gasteiger partial charge in [0.1, 0.15) is 5.69 Å². The quantitative estimate of drug-likeness (QED) is 0.506. The Hall–Kier alpha value is -3.36. The van der Waals surface area contributed by atoms with Crippen molar-refractivity contribution in [1.29, 1.82) is 0 Å². The molecule has 3 aromatic heterocycles. The van der Waals surface area contributed by atoms with Crippen LogP contribution in [0.4, 0.5) is 0 Å². The lowest BCUT2D eigenvalue weighted by Crippen LogP contribution is -2.06. The summed E-state index contributed by atoms with van der Waals surface area (Å²) in [7, 11) is 3.10. The number of fused-ring (bicyclic) bond motifs is 3. The van der Waals surface area contributed by atoms with Gasteiger partial charge in [-0.2, -0.15) is 14.6 Å². The summed E-state index contributed by atoms with van der Waals surface area (Å²) in [6.07, 6.45) is 0.623. The van der Waals surface area contributed by atoms with Gasteiger partial charge in [-0.05, 0) is 5.56 Å². The van der Waals surface area contributed by atoms with Crippen LogP contribution in [-0.2, 0) is 29.4 Å². The maximum absolute atomic E-state index is 11.6.